The molecule has 5 nitrogen and oxygen atoms in total. The van der Waals surface area contributed by atoms with Crippen LogP contribution < -0.4 is 0 Å². The van der Waals surface area contributed by atoms with Crippen molar-refractivity contribution < 1.29 is 18.3 Å². The van der Waals surface area contributed by atoms with Gasteiger partial charge in [-0.15, -0.1) is 0 Å². The van der Waals surface area contributed by atoms with Crippen LogP contribution in [-0.4, -0.2) is 26.9 Å². The van der Waals surface area contributed by atoms with E-state index in [2.05, 4.69) is 5.10 Å². The Morgan fingerprint density at radius 1 is 1.09 bits per heavy atom. The first-order chi connectivity index (χ1) is 16.4. The highest BCUT2D eigenvalue weighted by Crippen LogP contribution is 2.40. The van der Waals surface area contributed by atoms with Crippen molar-refractivity contribution in [1.29, 1.82) is 0 Å². The standard InChI is InChI=1S/C23H20ClF2N3O2S.C2H6/c1-3-10-28-12-14(11-27-28)29-13-19(15-8-9-17(24)21(26)22(15)29)32-18-7-5-6-16(20(18)25)23(30)31-4-2;1-2/h5-9,11-13H,3-4,10H2,1-2H3;1-2H3. The zero-order chi connectivity index (χ0) is 24.8. The van der Waals surface area contributed by atoms with Crippen molar-refractivity contribution in [3.05, 3.63) is 71.1 Å². The lowest BCUT2D eigenvalue weighted by Gasteiger charge is -2.07. The molecule has 34 heavy (non-hydrogen) atoms. The molecule has 2 heterocycles. The largest absolute Gasteiger partial charge is 0.462 e. The molecule has 2 aromatic heterocycles. The smallest absolute Gasteiger partial charge is 0.341 e. The van der Waals surface area contributed by atoms with Crippen LogP contribution in [-0.2, 0) is 11.3 Å². The number of ether oxygens (including phenoxy) is 1. The van der Waals surface area contributed by atoms with Crippen LogP contribution >= 0.6 is 23.4 Å². The minimum Gasteiger partial charge on any atom is -0.462 e. The number of carbonyl (C=O) groups excluding carboxylic acids is 1. The Kier molecular flexibility index (Phi) is 8.74. The van der Waals surface area contributed by atoms with Gasteiger partial charge in [-0.05, 0) is 37.6 Å². The molecule has 4 rings (SSSR count). The maximum absolute atomic E-state index is 15.1. The summed E-state index contributed by atoms with van der Waals surface area (Å²) in [4.78, 5) is 12.9. The zero-order valence-electron chi connectivity index (χ0n) is 19.4. The number of nitrogens with zero attached hydrogens (tertiary/aromatic N) is 3. The second-order valence-corrected chi connectivity index (χ2v) is 8.51. The van der Waals surface area contributed by atoms with Crippen molar-refractivity contribution in [2.45, 2.75) is 50.5 Å². The maximum atomic E-state index is 15.1. The van der Waals surface area contributed by atoms with Crippen molar-refractivity contribution >= 4 is 40.2 Å². The third-order valence-corrected chi connectivity index (χ3v) is 6.22. The van der Waals surface area contributed by atoms with Crippen molar-refractivity contribution in [1.82, 2.24) is 14.3 Å². The average molecular weight is 506 g/mol. The highest BCUT2D eigenvalue weighted by Gasteiger charge is 2.21. The molecule has 2 aromatic carbocycles. The molecule has 0 unspecified atom stereocenters. The molecular weight excluding hydrogens is 480 g/mol. The van der Waals surface area contributed by atoms with Gasteiger partial charge in [0.05, 0.1) is 34.6 Å². The number of carbonyl (C=O) groups is 1. The van der Waals surface area contributed by atoms with E-state index in [9.17, 15) is 4.79 Å². The molecule has 0 spiro atoms. The minimum atomic E-state index is -0.726. The van der Waals surface area contributed by atoms with E-state index in [4.69, 9.17) is 16.3 Å². The number of hydrogen-bond donors (Lipinski definition) is 0. The number of rotatable bonds is 7. The Hall–Kier alpha value is -2.84. The highest BCUT2D eigenvalue weighted by molar-refractivity contribution is 7.99. The summed E-state index contributed by atoms with van der Waals surface area (Å²) in [6.45, 7) is 8.58. The Labute approximate surface area is 206 Å². The van der Waals surface area contributed by atoms with Crippen LogP contribution in [0.2, 0.25) is 5.02 Å². The summed E-state index contributed by atoms with van der Waals surface area (Å²) in [5.74, 6) is -1.97. The Morgan fingerprint density at radius 2 is 1.85 bits per heavy atom. The molecule has 0 saturated heterocycles. The molecule has 0 saturated carbocycles. The van der Waals surface area contributed by atoms with E-state index in [0.29, 0.717) is 16.0 Å². The van der Waals surface area contributed by atoms with Crippen LogP contribution in [0.5, 0.6) is 0 Å². The molecule has 0 fully saturated rings. The van der Waals surface area contributed by atoms with E-state index in [-0.39, 0.29) is 27.6 Å². The number of halogens is 3. The van der Waals surface area contributed by atoms with E-state index in [1.54, 1.807) is 46.8 Å². The first-order valence-electron chi connectivity index (χ1n) is 11.1. The summed E-state index contributed by atoms with van der Waals surface area (Å²) in [6.07, 6.45) is 6.09. The van der Waals surface area contributed by atoms with E-state index in [1.165, 1.54) is 12.1 Å². The molecule has 0 aliphatic carbocycles. The summed E-state index contributed by atoms with van der Waals surface area (Å²) in [6, 6.07) is 7.70. The molecular formula is C25H26ClF2N3O2S. The molecule has 9 heteroatoms. The lowest BCUT2D eigenvalue weighted by Crippen LogP contribution is -2.07. The summed E-state index contributed by atoms with van der Waals surface area (Å²) in [5.41, 5.74) is 0.797. The van der Waals surface area contributed by atoms with Gasteiger partial charge in [0.25, 0.3) is 0 Å². The first kappa shape index (κ1) is 25.8. The van der Waals surface area contributed by atoms with Gasteiger partial charge >= 0.3 is 5.97 Å². The van der Waals surface area contributed by atoms with Gasteiger partial charge in [-0.25, -0.2) is 13.6 Å². The molecule has 0 N–H and O–H groups in total. The number of hydrogen-bond acceptors (Lipinski definition) is 4. The molecule has 180 valence electrons. The molecule has 0 bridgehead atoms. The van der Waals surface area contributed by atoms with E-state index < -0.39 is 17.6 Å². The fourth-order valence-electron chi connectivity index (χ4n) is 3.41. The van der Waals surface area contributed by atoms with Gasteiger partial charge in [-0.3, -0.25) is 4.68 Å². The summed E-state index contributed by atoms with van der Waals surface area (Å²) >= 11 is 7.15. The molecule has 4 aromatic rings. The van der Waals surface area contributed by atoms with E-state index >= 15 is 8.78 Å². The Morgan fingerprint density at radius 3 is 2.56 bits per heavy atom. The quantitative estimate of drug-likeness (QED) is 0.244. The third-order valence-electron chi connectivity index (χ3n) is 4.85. The molecule has 0 amide bonds. The van der Waals surface area contributed by atoms with Gasteiger partial charge in [0.2, 0.25) is 0 Å². The third kappa shape index (κ3) is 5.13. The monoisotopic (exact) mass is 505 g/mol. The predicted molar refractivity (Wildman–Crippen MR) is 132 cm³/mol. The predicted octanol–water partition coefficient (Wildman–Crippen LogP) is 7.52. The van der Waals surface area contributed by atoms with Crippen LogP contribution in [0, 0.1) is 11.6 Å². The molecule has 0 radical (unpaired) electrons. The first-order valence-corrected chi connectivity index (χ1v) is 12.3. The molecule has 0 aliphatic rings. The number of benzene rings is 2. The summed E-state index contributed by atoms with van der Waals surface area (Å²) < 4.78 is 38.5. The van der Waals surface area contributed by atoms with E-state index in [1.807, 2.05) is 27.0 Å². The van der Waals surface area contributed by atoms with Crippen molar-refractivity contribution in [3.63, 3.8) is 0 Å². The van der Waals surface area contributed by atoms with Crippen LogP contribution in [0.25, 0.3) is 16.6 Å². The molecule has 0 aliphatic heterocycles. The second-order valence-electron chi connectivity index (χ2n) is 7.02. The number of aromatic nitrogens is 3. The van der Waals surface area contributed by atoms with Crippen molar-refractivity contribution in [2.75, 3.05) is 6.61 Å². The van der Waals surface area contributed by atoms with Gasteiger partial charge in [-0.2, -0.15) is 5.10 Å². The highest BCUT2D eigenvalue weighted by atomic mass is 35.5. The minimum absolute atomic E-state index is 0.00941. The lowest BCUT2D eigenvalue weighted by atomic mass is 10.2. The van der Waals surface area contributed by atoms with E-state index in [0.717, 1.165) is 24.7 Å². The summed E-state index contributed by atoms with van der Waals surface area (Å²) in [7, 11) is 0. The number of esters is 1. The SMILES string of the molecule is CC.CCCn1cc(-n2cc(Sc3cccc(C(=O)OCC)c3F)c3ccc(Cl)c(F)c32)cn1. The average Bonchev–Trinajstić information content (AvgIpc) is 3.44. The van der Waals surface area contributed by atoms with Crippen molar-refractivity contribution in [3.8, 4) is 5.69 Å². The number of aryl methyl sites for hydroxylation is 1. The van der Waals surface area contributed by atoms with Crippen LogP contribution in [0.1, 0.15) is 44.5 Å². The fourth-order valence-corrected chi connectivity index (χ4v) is 4.58. The van der Waals surface area contributed by atoms with Crippen LogP contribution in [0.4, 0.5) is 8.78 Å². The van der Waals surface area contributed by atoms with Gasteiger partial charge in [-0.1, -0.05) is 50.2 Å². The Balaban J connectivity index is 0.00000158. The second kappa shape index (κ2) is 11.5. The van der Waals surface area contributed by atoms with Crippen molar-refractivity contribution in [2.24, 2.45) is 0 Å². The number of fused-ring (bicyclic) bond motifs is 1. The Bertz CT molecular complexity index is 1300. The van der Waals surface area contributed by atoms with Gasteiger partial charge in [0.15, 0.2) is 11.6 Å². The van der Waals surface area contributed by atoms with Gasteiger partial charge in [0.1, 0.15) is 0 Å². The molecule has 0 atom stereocenters. The topological polar surface area (TPSA) is 49.0 Å². The van der Waals surface area contributed by atoms with Crippen LogP contribution in [0.3, 0.4) is 0 Å². The van der Waals surface area contributed by atoms with Crippen LogP contribution in [0.15, 0.2) is 58.7 Å². The zero-order valence-corrected chi connectivity index (χ0v) is 21.0. The maximum Gasteiger partial charge on any atom is 0.341 e. The van der Waals surface area contributed by atoms with Gasteiger partial charge < -0.3 is 9.30 Å². The lowest BCUT2D eigenvalue weighted by molar-refractivity contribution is 0.0520. The normalized spacial score (nSPS) is 10.8. The van der Waals surface area contributed by atoms with Gasteiger partial charge in [0, 0.05) is 34.1 Å². The fraction of sp³-hybridized carbons (Fsp3) is 0.280. The summed E-state index contributed by atoms with van der Waals surface area (Å²) in [5, 5.41) is 4.88.